The summed E-state index contributed by atoms with van der Waals surface area (Å²) in [4.78, 5) is 1.46. The third kappa shape index (κ3) is 3.15. The molecule has 5 heteroatoms. The zero-order valence-corrected chi connectivity index (χ0v) is 7.64. The average Bonchev–Trinajstić information content (AvgIpc) is 2.29. The number of alkyl halides is 3. The van der Waals surface area contributed by atoms with Crippen LogP contribution in [0.3, 0.4) is 0 Å². The molecule has 2 atom stereocenters. The van der Waals surface area contributed by atoms with Crippen LogP contribution < -0.4 is 5.73 Å². The van der Waals surface area contributed by atoms with E-state index in [1.165, 1.54) is 4.90 Å². The zero-order valence-electron chi connectivity index (χ0n) is 7.64. The Balaban J connectivity index is 2.44. The summed E-state index contributed by atoms with van der Waals surface area (Å²) >= 11 is 0. The number of hydrogen-bond acceptors (Lipinski definition) is 2. The predicted molar refractivity (Wildman–Crippen MR) is 44.3 cm³/mol. The molecule has 0 aliphatic carbocycles. The molecule has 0 aromatic rings. The quantitative estimate of drug-likeness (QED) is 0.719. The molecule has 0 spiro atoms. The predicted octanol–water partition coefficient (Wildman–Crippen LogP) is 1.22. The van der Waals surface area contributed by atoms with Gasteiger partial charge in [-0.3, -0.25) is 4.90 Å². The second kappa shape index (κ2) is 3.84. The van der Waals surface area contributed by atoms with Crippen molar-refractivity contribution in [3.8, 4) is 0 Å². The van der Waals surface area contributed by atoms with E-state index in [9.17, 15) is 13.2 Å². The number of nitrogens with two attached hydrogens (primary N) is 1. The molecule has 1 saturated heterocycles. The Bertz CT molecular complexity index is 169. The van der Waals surface area contributed by atoms with Crippen molar-refractivity contribution >= 4 is 0 Å². The summed E-state index contributed by atoms with van der Waals surface area (Å²) in [6.07, 6.45) is -3.30. The number of halogens is 3. The topological polar surface area (TPSA) is 29.3 Å². The van der Waals surface area contributed by atoms with E-state index >= 15 is 0 Å². The molecule has 0 radical (unpaired) electrons. The zero-order chi connectivity index (χ0) is 10.1. The molecule has 13 heavy (non-hydrogen) atoms. The molecule has 0 saturated carbocycles. The van der Waals surface area contributed by atoms with Gasteiger partial charge in [-0.15, -0.1) is 0 Å². The van der Waals surface area contributed by atoms with Gasteiger partial charge in [-0.05, 0) is 25.8 Å². The fraction of sp³-hybridized carbons (Fsp3) is 1.00. The van der Waals surface area contributed by atoms with Crippen molar-refractivity contribution in [2.24, 2.45) is 11.7 Å². The normalized spacial score (nSPS) is 31.2. The molecule has 0 aromatic heterocycles. The van der Waals surface area contributed by atoms with Crippen molar-refractivity contribution in [2.45, 2.75) is 25.6 Å². The minimum atomic E-state index is -4.09. The molecular formula is C8H15F3N2. The van der Waals surface area contributed by atoms with Crippen molar-refractivity contribution in [3.63, 3.8) is 0 Å². The fourth-order valence-electron chi connectivity index (χ4n) is 1.84. The maximum Gasteiger partial charge on any atom is 0.401 e. The van der Waals surface area contributed by atoms with Gasteiger partial charge in [0.1, 0.15) is 0 Å². The monoisotopic (exact) mass is 196 g/mol. The molecular weight excluding hydrogens is 181 g/mol. The van der Waals surface area contributed by atoms with E-state index < -0.39 is 12.7 Å². The molecule has 78 valence electrons. The van der Waals surface area contributed by atoms with Gasteiger partial charge < -0.3 is 5.73 Å². The van der Waals surface area contributed by atoms with Gasteiger partial charge in [-0.1, -0.05) is 0 Å². The number of likely N-dealkylation sites (tertiary alicyclic amines) is 1. The van der Waals surface area contributed by atoms with Gasteiger partial charge in [0.05, 0.1) is 6.54 Å². The van der Waals surface area contributed by atoms with Crippen LogP contribution in [0, 0.1) is 5.92 Å². The number of hydrogen-bond donors (Lipinski definition) is 1. The third-order valence-electron chi connectivity index (χ3n) is 2.51. The van der Waals surface area contributed by atoms with Crippen LogP contribution in [0.4, 0.5) is 13.2 Å². The summed E-state index contributed by atoms with van der Waals surface area (Å²) in [5.74, 6) is 0.234. The van der Waals surface area contributed by atoms with Crippen LogP contribution in [0.1, 0.15) is 13.3 Å². The van der Waals surface area contributed by atoms with E-state index in [1.54, 1.807) is 0 Å². The minimum absolute atomic E-state index is 0.00942. The highest BCUT2D eigenvalue weighted by Gasteiger charge is 2.37. The Labute approximate surface area is 75.9 Å². The van der Waals surface area contributed by atoms with Crippen LogP contribution in [0.2, 0.25) is 0 Å². The van der Waals surface area contributed by atoms with Gasteiger partial charge in [0.15, 0.2) is 0 Å². The molecule has 2 N–H and O–H groups in total. The van der Waals surface area contributed by atoms with Crippen LogP contribution in [0.15, 0.2) is 0 Å². The lowest BCUT2D eigenvalue weighted by Gasteiger charge is -2.22. The Morgan fingerprint density at radius 3 is 2.46 bits per heavy atom. The van der Waals surface area contributed by atoms with E-state index in [0.29, 0.717) is 13.1 Å². The first-order valence-corrected chi connectivity index (χ1v) is 4.43. The summed E-state index contributed by atoms with van der Waals surface area (Å²) in [6, 6.07) is 0.00942. The SMILES string of the molecule is CC1CC(CN)CN1CC(F)(F)F. The summed E-state index contributed by atoms with van der Waals surface area (Å²) in [5, 5.41) is 0. The molecule has 0 bridgehead atoms. The molecule has 1 aliphatic rings. The largest absolute Gasteiger partial charge is 0.401 e. The smallest absolute Gasteiger partial charge is 0.330 e. The molecule has 1 heterocycles. The molecule has 2 nitrogen and oxygen atoms in total. The van der Waals surface area contributed by atoms with Crippen molar-refractivity contribution in [1.82, 2.24) is 4.90 Å². The first-order chi connectivity index (χ1) is 5.92. The van der Waals surface area contributed by atoms with Crippen molar-refractivity contribution in [1.29, 1.82) is 0 Å². The Kier molecular flexibility index (Phi) is 3.18. The maximum atomic E-state index is 12.0. The van der Waals surface area contributed by atoms with Gasteiger partial charge in [0, 0.05) is 12.6 Å². The minimum Gasteiger partial charge on any atom is -0.330 e. The van der Waals surface area contributed by atoms with Gasteiger partial charge in [0.2, 0.25) is 0 Å². The Hall–Kier alpha value is -0.290. The van der Waals surface area contributed by atoms with Crippen molar-refractivity contribution in [3.05, 3.63) is 0 Å². The van der Waals surface area contributed by atoms with E-state index in [0.717, 1.165) is 6.42 Å². The lowest BCUT2D eigenvalue weighted by molar-refractivity contribution is -0.147. The average molecular weight is 196 g/mol. The standard InChI is InChI=1S/C8H15F3N2/c1-6-2-7(3-12)4-13(6)5-8(9,10)11/h6-7H,2-5,12H2,1H3. The Morgan fingerprint density at radius 1 is 1.46 bits per heavy atom. The number of rotatable bonds is 2. The molecule has 2 unspecified atom stereocenters. The van der Waals surface area contributed by atoms with Crippen molar-refractivity contribution in [2.75, 3.05) is 19.6 Å². The van der Waals surface area contributed by atoms with Gasteiger partial charge in [0.25, 0.3) is 0 Å². The highest BCUT2D eigenvalue weighted by atomic mass is 19.4. The number of nitrogens with zero attached hydrogens (tertiary/aromatic N) is 1. The second-order valence-corrected chi connectivity index (χ2v) is 3.73. The summed E-state index contributed by atoms with van der Waals surface area (Å²) in [7, 11) is 0. The van der Waals surface area contributed by atoms with Gasteiger partial charge in [-0.2, -0.15) is 13.2 Å². The van der Waals surface area contributed by atoms with Gasteiger partial charge in [-0.25, -0.2) is 0 Å². The maximum absolute atomic E-state index is 12.0. The van der Waals surface area contributed by atoms with Crippen LogP contribution in [-0.2, 0) is 0 Å². The first kappa shape index (κ1) is 10.8. The highest BCUT2D eigenvalue weighted by Crippen LogP contribution is 2.26. The fourth-order valence-corrected chi connectivity index (χ4v) is 1.84. The van der Waals surface area contributed by atoms with E-state index in [2.05, 4.69) is 0 Å². The first-order valence-electron chi connectivity index (χ1n) is 4.43. The van der Waals surface area contributed by atoms with E-state index in [4.69, 9.17) is 5.73 Å². The summed E-state index contributed by atoms with van der Waals surface area (Å²) in [5.41, 5.74) is 5.41. The molecule has 1 fully saturated rings. The van der Waals surface area contributed by atoms with Crippen LogP contribution in [-0.4, -0.2) is 36.8 Å². The molecule has 0 aromatic carbocycles. The lowest BCUT2D eigenvalue weighted by atomic mass is 10.1. The lowest BCUT2D eigenvalue weighted by Crippen LogP contribution is -2.36. The molecule has 1 rings (SSSR count). The van der Waals surface area contributed by atoms with E-state index in [1.807, 2.05) is 6.92 Å². The molecule has 1 aliphatic heterocycles. The van der Waals surface area contributed by atoms with Gasteiger partial charge >= 0.3 is 6.18 Å². The van der Waals surface area contributed by atoms with Crippen LogP contribution >= 0.6 is 0 Å². The van der Waals surface area contributed by atoms with Crippen LogP contribution in [0.5, 0.6) is 0 Å². The van der Waals surface area contributed by atoms with E-state index in [-0.39, 0.29) is 12.0 Å². The highest BCUT2D eigenvalue weighted by molar-refractivity contribution is 4.83. The Morgan fingerprint density at radius 2 is 2.08 bits per heavy atom. The van der Waals surface area contributed by atoms with Crippen molar-refractivity contribution < 1.29 is 13.2 Å². The third-order valence-corrected chi connectivity index (χ3v) is 2.51. The van der Waals surface area contributed by atoms with Crippen LogP contribution in [0.25, 0.3) is 0 Å². The summed E-state index contributed by atoms with van der Waals surface area (Å²) < 4.78 is 36.1. The second-order valence-electron chi connectivity index (χ2n) is 3.73. The molecule has 0 amide bonds. The summed E-state index contributed by atoms with van der Waals surface area (Å²) in [6.45, 7) is 1.99.